The number of halogens is 4. The number of hydrogen-bond acceptors (Lipinski definition) is 5. The maximum absolute atomic E-state index is 16.9. The Hall–Kier alpha value is -8.11. The van der Waals surface area contributed by atoms with Crippen LogP contribution in [0.5, 0.6) is 0 Å². The first-order chi connectivity index (χ1) is 34.4. The molecular weight excluding hydrogens is 887 g/mol. The van der Waals surface area contributed by atoms with Crippen molar-refractivity contribution < 1.29 is 17.6 Å². The zero-order valence-electron chi connectivity index (χ0n) is 39.6. The summed E-state index contributed by atoms with van der Waals surface area (Å²) in [5.74, 6) is -2.17. The van der Waals surface area contributed by atoms with Gasteiger partial charge in [-0.25, -0.2) is 17.6 Å². The summed E-state index contributed by atoms with van der Waals surface area (Å²) >= 11 is 0. The highest BCUT2D eigenvalue weighted by Crippen LogP contribution is 2.49. The molecule has 0 saturated heterocycles. The van der Waals surface area contributed by atoms with E-state index in [2.05, 4.69) is 62.8 Å². The summed E-state index contributed by atoms with van der Waals surface area (Å²) in [6.45, 7) is 9.13. The van der Waals surface area contributed by atoms with Gasteiger partial charge in [-0.3, -0.25) is 0 Å². The number of anilines is 12. The van der Waals surface area contributed by atoms with E-state index in [4.69, 9.17) is 5.73 Å². The summed E-state index contributed by atoms with van der Waals surface area (Å²) in [6.07, 6.45) is 0. The number of nitrogen functional groups attached to an aromatic ring is 1. The van der Waals surface area contributed by atoms with Crippen LogP contribution in [0, 0.1) is 57.9 Å². The van der Waals surface area contributed by atoms with Crippen LogP contribution in [0.2, 0.25) is 0 Å². The van der Waals surface area contributed by atoms with E-state index in [1.165, 1.54) is 30.3 Å². The van der Waals surface area contributed by atoms with E-state index in [1.54, 1.807) is 17.0 Å². The summed E-state index contributed by atoms with van der Waals surface area (Å²) in [6, 6.07) is 47.0. The van der Waals surface area contributed by atoms with Crippen molar-refractivity contribution in [3.63, 3.8) is 0 Å². The molecule has 1 radical (unpaired) electrons. The van der Waals surface area contributed by atoms with Gasteiger partial charge in [-0.1, -0.05) is 107 Å². The lowest BCUT2D eigenvalue weighted by molar-refractivity contribution is 0.586. The number of nitrogens with one attached hydrogen (secondary N) is 1. The molecule has 0 fully saturated rings. The molecule has 0 amide bonds. The van der Waals surface area contributed by atoms with Gasteiger partial charge in [0.2, 0.25) is 0 Å². The second-order valence-electron chi connectivity index (χ2n) is 19.4. The molecule has 4 heterocycles. The van der Waals surface area contributed by atoms with Gasteiger partial charge < -0.3 is 25.8 Å². The van der Waals surface area contributed by atoms with Crippen molar-refractivity contribution in [2.24, 2.45) is 0 Å². The molecule has 5 nitrogen and oxygen atoms in total. The van der Waals surface area contributed by atoms with Crippen molar-refractivity contribution in [2.75, 3.05) is 25.8 Å². The Morgan fingerprint density at radius 2 is 0.944 bits per heavy atom. The first kappa shape index (κ1) is 43.0. The molecule has 0 saturated carbocycles. The average molecular weight is 930 g/mol. The van der Waals surface area contributed by atoms with Crippen LogP contribution in [0.1, 0.15) is 27.8 Å². The Bertz CT molecular complexity index is 3740. The Labute approximate surface area is 411 Å². The number of fused-ring (bicyclic) bond motifs is 8. The summed E-state index contributed by atoms with van der Waals surface area (Å²) in [7, 11) is 2.22. The average Bonchev–Trinajstić information content (AvgIpc) is 3.33. The molecule has 71 heavy (non-hydrogen) atoms. The SMILES string of the molecule is Cc1cc2c3c(c1)N(c1c(F)cccc1F)c1ccccc1B3c1cc3c(cc1N2c1c(C)cccc1F)Nc1cc(N)cc2c1B3c1cc([B]c3ccccc3C)c(C)cc1N2c1c(C)cccc1F. The molecule has 341 valence electrons. The number of rotatable bonds is 5. The van der Waals surface area contributed by atoms with Gasteiger partial charge in [0.25, 0.3) is 13.4 Å². The van der Waals surface area contributed by atoms with Gasteiger partial charge in [-0.05, 0) is 151 Å². The van der Waals surface area contributed by atoms with Crippen molar-refractivity contribution in [3.8, 4) is 0 Å². The molecule has 13 rings (SSSR count). The Kier molecular flexibility index (Phi) is 9.50. The highest BCUT2D eigenvalue weighted by atomic mass is 19.1. The van der Waals surface area contributed by atoms with Gasteiger partial charge in [0.1, 0.15) is 29.0 Å². The lowest BCUT2D eigenvalue weighted by atomic mass is 9.30. The van der Waals surface area contributed by atoms with Crippen LogP contribution in [-0.2, 0) is 0 Å². The fraction of sp³-hybridized carbons (Fsp3) is 0.0847. The maximum Gasteiger partial charge on any atom is 0.252 e. The molecule has 3 N–H and O–H groups in total. The van der Waals surface area contributed by atoms with Crippen molar-refractivity contribution in [2.45, 2.75) is 34.6 Å². The van der Waals surface area contributed by atoms with E-state index in [1.807, 2.05) is 103 Å². The van der Waals surface area contributed by atoms with Crippen molar-refractivity contribution >= 4 is 133 Å². The Balaban J connectivity index is 1.12. The zero-order valence-corrected chi connectivity index (χ0v) is 39.6. The van der Waals surface area contributed by atoms with Crippen LogP contribution < -0.4 is 69.5 Å². The number of nitrogens with two attached hydrogens (primary N) is 1. The second kappa shape index (κ2) is 15.7. The predicted octanol–water partition coefficient (Wildman–Crippen LogP) is 9.46. The Morgan fingerprint density at radius 1 is 0.408 bits per heavy atom. The molecule has 9 aromatic rings. The molecule has 0 atom stereocenters. The van der Waals surface area contributed by atoms with E-state index in [9.17, 15) is 0 Å². The third-order valence-electron chi connectivity index (χ3n) is 15.0. The minimum atomic E-state index is -0.702. The number of aryl methyl sites for hydroxylation is 5. The highest BCUT2D eigenvalue weighted by molar-refractivity contribution is 7.03. The third kappa shape index (κ3) is 6.29. The fourth-order valence-corrected chi connectivity index (χ4v) is 12.0. The van der Waals surface area contributed by atoms with Crippen molar-refractivity contribution in [1.82, 2.24) is 0 Å². The molecule has 4 aliphatic rings. The maximum atomic E-state index is 16.9. The molecular formula is C59H43B3F4N5. The van der Waals surface area contributed by atoms with Crippen molar-refractivity contribution in [3.05, 3.63) is 203 Å². The van der Waals surface area contributed by atoms with Crippen LogP contribution in [0.25, 0.3) is 0 Å². The lowest BCUT2D eigenvalue weighted by Gasteiger charge is -2.46. The van der Waals surface area contributed by atoms with Gasteiger partial charge in [-0.15, -0.1) is 0 Å². The van der Waals surface area contributed by atoms with Gasteiger partial charge in [0, 0.05) is 51.2 Å². The molecule has 9 aromatic carbocycles. The standard InChI is InChI=1S/C59H43B3F4N5/c1-31-23-52-56-53(24-31)71(58-34(4)15-11-19-44(58)64)51-30-47-40(29-42(51)61(56)39-17-8-9-22-49(39)69(52)59-45(65)20-12-21-46(59)66)62-41-28-38(60-37-16-7-6-13-32(37)2)35(5)25-50(41)70(57-33(3)14-10-18-43(57)63)54-27-36(67)26-48(68-47)55(54)62/h6-30,68H,67H2,1-5H3. The van der Waals surface area contributed by atoms with Crippen LogP contribution >= 0.6 is 0 Å². The van der Waals surface area contributed by atoms with E-state index in [0.29, 0.717) is 39.7 Å². The number of nitrogens with zero attached hydrogens (tertiary/aromatic N) is 3. The smallest absolute Gasteiger partial charge is 0.252 e. The molecule has 12 heteroatoms. The van der Waals surface area contributed by atoms with E-state index in [-0.39, 0.29) is 11.5 Å². The van der Waals surface area contributed by atoms with Gasteiger partial charge in [0.15, 0.2) is 7.28 Å². The number of benzene rings is 9. The monoisotopic (exact) mass is 930 g/mol. The largest absolute Gasteiger partial charge is 0.399 e. The summed E-state index contributed by atoms with van der Waals surface area (Å²) in [5, 5.41) is 3.81. The summed E-state index contributed by atoms with van der Waals surface area (Å²) < 4.78 is 66.0. The van der Waals surface area contributed by atoms with Gasteiger partial charge in [0.05, 0.1) is 11.4 Å². The van der Waals surface area contributed by atoms with Crippen LogP contribution in [0.3, 0.4) is 0 Å². The molecule has 0 aliphatic carbocycles. The quantitative estimate of drug-likeness (QED) is 0.102. The molecule has 0 spiro atoms. The molecule has 0 unspecified atom stereocenters. The first-order valence-corrected chi connectivity index (χ1v) is 23.9. The Morgan fingerprint density at radius 3 is 1.61 bits per heavy atom. The lowest BCUT2D eigenvalue weighted by Crippen LogP contribution is -2.65. The van der Waals surface area contributed by atoms with Crippen LogP contribution in [0.4, 0.5) is 85.8 Å². The predicted molar refractivity (Wildman–Crippen MR) is 289 cm³/mol. The van der Waals surface area contributed by atoms with E-state index in [0.717, 1.165) is 94.4 Å². The van der Waals surface area contributed by atoms with Crippen LogP contribution in [-0.4, -0.2) is 20.7 Å². The normalized spacial score (nSPS) is 13.5. The number of para-hydroxylation sites is 4. The second-order valence-corrected chi connectivity index (χ2v) is 19.4. The molecule has 0 bridgehead atoms. The summed E-state index contributed by atoms with van der Waals surface area (Å²) in [4.78, 5) is 5.71. The minimum absolute atomic E-state index is 0.189. The summed E-state index contributed by atoms with van der Waals surface area (Å²) in [5.41, 5.74) is 25.8. The zero-order chi connectivity index (χ0) is 48.7. The van der Waals surface area contributed by atoms with Crippen molar-refractivity contribution in [1.29, 1.82) is 0 Å². The van der Waals surface area contributed by atoms with Gasteiger partial charge in [-0.2, -0.15) is 0 Å². The van der Waals surface area contributed by atoms with Crippen LogP contribution in [0.15, 0.2) is 152 Å². The van der Waals surface area contributed by atoms with E-state index < -0.39 is 30.9 Å². The third-order valence-corrected chi connectivity index (χ3v) is 15.0. The van der Waals surface area contributed by atoms with Gasteiger partial charge >= 0.3 is 0 Å². The fourth-order valence-electron chi connectivity index (χ4n) is 12.0. The minimum Gasteiger partial charge on any atom is -0.399 e. The molecule has 4 aliphatic heterocycles. The topological polar surface area (TPSA) is 47.8 Å². The highest BCUT2D eigenvalue weighted by Gasteiger charge is 2.48. The first-order valence-electron chi connectivity index (χ1n) is 23.9. The molecule has 0 aromatic heterocycles. The number of hydrogen-bond donors (Lipinski definition) is 2. The van der Waals surface area contributed by atoms with E-state index >= 15 is 17.6 Å².